The van der Waals surface area contributed by atoms with Gasteiger partial charge in [0.2, 0.25) is 5.78 Å². The number of aliphatic hydroxyl groups excluding tert-OH is 1. The Morgan fingerprint density at radius 2 is 1.71 bits per heavy atom. The molecule has 1 N–H and O–H groups in total. The van der Waals surface area contributed by atoms with Crippen molar-refractivity contribution in [1.29, 1.82) is 0 Å². The molecule has 0 fully saturated rings. The first-order valence-corrected chi connectivity index (χ1v) is 13.8. The Bertz CT molecular complexity index is 1410. The van der Waals surface area contributed by atoms with Gasteiger partial charge in [-0.2, -0.15) is 0 Å². The van der Waals surface area contributed by atoms with Crippen LogP contribution < -0.4 is 9.64 Å². The lowest BCUT2D eigenvalue weighted by molar-refractivity contribution is -0.117. The van der Waals surface area contributed by atoms with Gasteiger partial charge in [0.15, 0.2) is 10.9 Å². The summed E-state index contributed by atoms with van der Waals surface area (Å²) in [5.41, 5.74) is 1.42. The Morgan fingerprint density at radius 1 is 1.03 bits per heavy atom. The molecule has 3 aromatic rings. The maximum atomic E-state index is 13.8. The molecule has 1 unspecified atom stereocenters. The third kappa shape index (κ3) is 5.21. The van der Waals surface area contributed by atoms with Crippen molar-refractivity contribution >= 4 is 45.5 Å². The SMILES string of the molecule is CCCCCOc1ccc(C2C(C(=O)c3sc(C)nc3C)=C(O)C(=O)N2c2nc(C)c(C(=O)OC)s2)cc1. The molecule has 4 rings (SSSR count). The quantitative estimate of drug-likeness (QED) is 0.193. The van der Waals surface area contributed by atoms with Gasteiger partial charge in [-0.05, 0) is 44.9 Å². The predicted molar refractivity (Wildman–Crippen MR) is 145 cm³/mol. The number of amides is 1. The number of benzene rings is 1. The average Bonchev–Trinajstić information content (AvgIpc) is 3.53. The number of hydrogen-bond donors (Lipinski definition) is 1. The summed E-state index contributed by atoms with van der Waals surface area (Å²) in [5, 5.41) is 11.9. The minimum absolute atomic E-state index is 0.0640. The number of unbranched alkanes of at least 4 members (excludes halogenated alkanes) is 2. The number of esters is 1. The number of ketones is 1. The number of thiazole rings is 2. The van der Waals surface area contributed by atoms with Crippen molar-refractivity contribution in [2.24, 2.45) is 0 Å². The second-order valence-corrected chi connectivity index (χ2v) is 11.0. The molecule has 1 atom stereocenters. The summed E-state index contributed by atoms with van der Waals surface area (Å²) in [7, 11) is 1.26. The van der Waals surface area contributed by atoms with Gasteiger partial charge in [0.25, 0.3) is 5.91 Å². The lowest BCUT2D eigenvalue weighted by Crippen LogP contribution is -2.31. The first-order chi connectivity index (χ1) is 18.2. The molecular weight excluding hydrogens is 526 g/mol. The summed E-state index contributed by atoms with van der Waals surface area (Å²) in [6.07, 6.45) is 3.11. The van der Waals surface area contributed by atoms with Crippen molar-refractivity contribution in [2.75, 3.05) is 18.6 Å². The Balaban J connectivity index is 1.78. The summed E-state index contributed by atoms with van der Waals surface area (Å²) in [5.74, 6) is -1.83. The molecule has 0 aliphatic carbocycles. The standard InChI is InChI=1S/C27H29N3O6S2/c1-6-7-8-13-36-18-11-9-17(10-12-18)20-19(21(31)23-14(2)28-16(4)37-23)22(32)25(33)30(20)27-29-15(3)24(38-27)26(34)35-5/h9-12,20,32H,6-8,13H2,1-5H3. The zero-order chi connectivity index (χ0) is 27.6. The van der Waals surface area contributed by atoms with Crippen molar-refractivity contribution in [3.8, 4) is 5.75 Å². The highest BCUT2D eigenvalue weighted by molar-refractivity contribution is 7.17. The number of aromatic nitrogens is 2. The topological polar surface area (TPSA) is 119 Å². The Morgan fingerprint density at radius 3 is 2.32 bits per heavy atom. The van der Waals surface area contributed by atoms with Crippen LogP contribution in [0.4, 0.5) is 5.13 Å². The van der Waals surface area contributed by atoms with Crippen LogP contribution in [0.3, 0.4) is 0 Å². The number of hydrogen-bond acceptors (Lipinski definition) is 10. The monoisotopic (exact) mass is 555 g/mol. The van der Waals surface area contributed by atoms with E-state index in [1.54, 1.807) is 45.0 Å². The number of carbonyl (C=O) groups excluding carboxylic acids is 3. The molecule has 1 amide bonds. The molecule has 1 aliphatic rings. The molecule has 0 spiro atoms. The number of carbonyl (C=O) groups is 3. The van der Waals surface area contributed by atoms with Gasteiger partial charge in [0, 0.05) is 0 Å². The van der Waals surface area contributed by atoms with Gasteiger partial charge >= 0.3 is 5.97 Å². The van der Waals surface area contributed by atoms with Crippen LogP contribution in [0.25, 0.3) is 0 Å². The van der Waals surface area contributed by atoms with Crippen molar-refractivity contribution in [2.45, 2.75) is 53.0 Å². The van der Waals surface area contributed by atoms with Gasteiger partial charge in [-0.1, -0.05) is 43.2 Å². The van der Waals surface area contributed by atoms with Crippen LogP contribution in [-0.2, 0) is 9.53 Å². The molecule has 0 saturated carbocycles. The number of nitrogens with zero attached hydrogens (tertiary/aromatic N) is 3. The van der Waals surface area contributed by atoms with Gasteiger partial charge in [-0.25, -0.2) is 14.8 Å². The third-order valence-corrected chi connectivity index (χ3v) is 8.35. The molecular formula is C27H29N3O6S2. The number of aryl methyl sites for hydroxylation is 3. The van der Waals surface area contributed by atoms with E-state index >= 15 is 0 Å². The second kappa shape index (κ2) is 11.4. The molecule has 38 heavy (non-hydrogen) atoms. The van der Waals surface area contributed by atoms with Crippen LogP contribution in [-0.4, -0.2) is 46.5 Å². The number of Topliss-reactive ketones (excluding diaryl/α,β-unsaturated/α-hetero) is 1. The highest BCUT2D eigenvalue weighted by atomic mass is 32.1. The predicted octanol–water partition coefficient (Wildman–Crippen LogP) is 5.66. The Kier molecular flexibility index (Phi) is 8.27. The molecule has 0 saturated heterocycles. The fourth-order valence-corrected chi connectivity index (χ4v) is 6.16. The summed E-state index contributed by atoms with van der Waals surface area (Å²) in [6, 6.07) is 6.10. The first-order valence-electron chi connectivity index (χ1n) is 12.2. The Hall–Kier alpha value is -3.57. The summed E-state index contributed by atoms with van der Waals surface area (Å²) >= 11 is 2.17. The number of methoxy groups -OCH3 is 1. The van der Waals surface area contributed by atoms with Crippen LogP contribution in [0.1, 0.15) is 73.5 Å². The molecule has 9 nitrogen and oxygen atoms in total. The second-order valence-electron chi connectivity index (χ2n) is 8.84. The van der Waals surface area contributed by atoms with Crippen LogP contribution >= 0.6 is 22.7 Å². The zero-order valence-corrected chi connectivity index (χ0v) is 23.5. The van der Waals surface area contributed by atoms with E-state index in [4.69, 9.17) is 9.47 Å². The molecule has 11 heteroatoms. The molecule has 1 aliphatic heterocycles. The van der Waals surface area contributed by atoms with Crippen molar-refractivity contribution in [3.05, 3.63) is 67.3 Å². The van der Waals surface area contributed by atoms with Crippen LogP contribution in [0.2, 0.25) is 0 Å². The van der Waals surface area contributed by atoms with E-state index in [1.165, 1.54) is 23.3 Å². The molecule has 0 radical (unpaired) electrons. The number of ether oxygens (including phenoxy) is 2. The zero-order valence-electron chi connectivity index (χ0n) is 21.9. The normalized spacial score (nSPS) is 15.3. The third-order valence-electron chi connectivity index (χ3n) is 6.14. The highest BCUT2D eigenvalue weighted by Gasteiger charge is 2.46. The molecule has 200 valence electrons. The number of rotatable bonds is 10. The lowest BCUT2D eigenvalue weighted by atomic mass is 9.95. The molecule has 2 aromatic heterocycles. The van der Waals surface area contributed by atoms with E-state index in [2.05, 4.69) is 16.9 Å². The van der Waals surface area contributed by atoms with Gasteiger partial charge in [0.1, 0.15) is 10.6 Å². The van der Waals surface area contributed by atoms with Crippen LogP contribution in [0.15, 0.2) is 35.6 Å². The van der Waals surface area contributed by atoms with Gasteiger partial charge < -0.3 is 14.6 Å². The van der Waals surface area contributed by atoms with Crippen LogP contribution in [0, 0.1) is 20.8 Å². The van der Waals surface area contributed by atoms with Crippen molar-refractivity contribution in [3.63, 3.8) is 0 Å². The van der Waals surface area contributed by atoms with E-state index in [1.807, 2.05) is 0 Å². The van der Waals surface area contributed by atoms with E-state index in [0.717, 1.165) is 30.6 Å². The molecule has 0 bridgehead atoms. The summed E-state index contributed by atoms with van der Waals surface area (Å²) < 4.78 is 10.7. The van der Waals surface area contributed by atoms with Gasteiger partial charge in [-0.15, -0.1) is 11.3 Å². The fraction of sp³-hybridized carbons (Fsp3) is 0.370. The number of aliphatic hydroxyl groups is 1. The minimum Gasteiger partial charge on any atom is -0.503 e. The summed E-state index contributed by atoms with van der Waals surface area (Å²) in [4.78, 5) is 50.0. The molecule has 1 aromatic carbocycles. The van der Waals surface area contributed by atoms with Crippen molar-refractivity contribution < 1.29 is 29.0 Å². The first kappa shape index (κ1) is 27.5. The Labute approximate surface area is 228 Å². The van der Waals surface area contributed by atoms with E-state index in [0.29, 0.717) is 39.2 Å². The highest BCUT2D eigenvalue weighted by Crippen LogP contribution is 2.44. The lowest BCUT2D eigenvalue weighted by Gasteiger charge is -2.24. The summed E-state index contributed by atoms with van der Waals surface area (Å²) in [6.45, 7) is 7.85. The minimum atomic E-state index is -0.970. The van der Waals surface area contributed by atoms with E-state index < -0.39 is 29.5 Å². The average molecular weight is 556 g/mol. The van der Waals surface area contributed by atoms with Gasteiger partial charge in [-0.3, -0.25) is 14.5 Å². The molecule has 3 heterocycles. The van der Waals surface area contributed by atoms with E-state index in [9.17, 15) is 19.5 Å². The maximum absolute atomic E-state index is 13.8. The fourth-order valence-electron chi connectivity index (χ4n) is 4.27. The van der Waals surface area contributed by atoms with Gasteiger partial charge in [0.05, 0.1) is 46.6 Å². The van der Waals surface area contributed by atoms with Crippen molar-refractivity contribution in [1.82, 2.24) is 9.97 Å². The largest absolute Gasteiger partial charge is 0.503 e. The smallest absolute Gasteiger partial charge is 0.350 e. The maximum Gasteiger partial charge on any atom is 0.350 e. The van der Waals surface area contributed by atoms with Crippen LogP contribution in [0.5, 0.6) is 5.75 Å². The van der Waals surface area contributed by atoms with E-state index in [-0.39, 0.29) is 15.6 Å². The number of anilines is 1.